The zero-order valence-electron chi connectivity index (χ0n) is 12.8. The molecule has 3 rings (SSSR count). The van der Waals surface area contributed by atoms with E-state index in [0.717, 1.165) is 11.1 Å². The van der Waals surface area contributed by atoms with Gasteiger partial charge in [-0.05, 0) is 52.9 Å². The van der Waals surface area contributed by atoms with Crippen LogP contribution in [0.5, 0.6) is 0 Å². The van der Waals surface area contributed by atoms with Crippen LogP contribution in [0.1, 0.15) is 29.2 Å². The van der Waals surface area contributed by atoms with Gasteiger partial charge in [0.1, 0.15) is 5.82 Å². The van der Waals surface area contributed by atoms with Crippen molar-refractivity contribution >= 4 is 17.4 Å². The Kier molecular flexibility index (Phi) is 4.63. The minimum atomic E-state index is -0.586. The molecule has 2 aromatic rings. The number of carbonyl (C=O) groups excluding carboxylic acids is 1. The molecule has 1 aliphatic heterocycles. The molecule has 0 unspecified atom stereocenters. The molecule has 2 amide bonds. The molecule has 2 N–H and O–H groups in total. The Balaban J connectivity index is 1.71. The Hall–Kier alpha value is -1.92. The van der Waals surface area contributed by atoms with E-state index in [2.05, 4.69) is 5.32 Å². The van der Waals surface area contributed by atoms with Crippen molar-refractivity contribution in [2.45, 2.75) is 32.0 Å². The van der Waals surface area contributed by atoms with Crippen molar-refractivity contribution in [2.24, 2.45) is 0 Å². The quantitative estimate of drug-likeness (QED) is 0.905. The van der Waals surface area contributed by atoms with Crippen molar-refractivity contribution in [3.63, 3.8) is 0 Å². The van der Waals surface area contributed by atoms with E-state index in [1.54, 1.807) is 28.4 Å². The molecule has 122 valence electrons. The molecule has 0 radical (unpaired) electrons. The lowest BCUT2D eigenvalue weighted by molar-refractivity contribution is 0.169. The summed E-state index contributed by atoms with van der Waals surface area (Å²) in [5.41, 5.74) is 2.95. The van der Waals surface area contributed by atoms with Crippen LogP contribution in [0.4, 0.5) is 9.18 Å². The monoisotopic (exact) mass is 334 g/mol. The first kappa shape index (κ1) is 16.0. The smallest absolute Gasteiger partial charge is 0.318 e. The molecule has 23 heavy (non-hydrogen) atoms. The first-order valence-corrected chi connectivity index (χ1v) is 8.48. The normalized spacial score (nSPS) is 20.7. The minimum absolute atomic E-state index is 0.235. The van der Waals surface area contributed by atoms with E-state index in [-0.39, 0.29) is 24.4 Å². The number of hydrogen-bond donors (Lipinski definition) is 2. The Morgan fingerprint density at radius 1 is 1.48 bits per heavy atom. The van der Waals surface area contributed by atoms with Gasteiger partial charge in [-0.2, -0.15) is 11.3 Å². The highest BCUT2D eigenvalue weighted by atomic mass is 32.1. The third-order valence-electron chi connectivity index (χ3n) is 4.17. The van der Waals surface area contributed by atoms with Crippen LogP contribution in [-0.4, -0.2) is 28.7 Å². The van der Waals surface area contributed by atoms with Gasteiger partial charge in [0.2, 0.25) is 0 Å². The number of nitrogens with one attached hydrogen (secondary N) is 1. The van der Waals surface area contributed by atoms with Gasteiger partial charge in [0, 0.05) is 13.1 Å². The number of nitrogens with zero attached hydrogens (tertiary/aromatic N) is 1. The summed E-state index contributed by atoms with van der Waals surface area (Å²) < 4.78 is 13.4. The number of urea groups is 1. The van der Waals surface area contributed by atoms with Crippen molar-refractivity contribution in [1.82, 2.24) is 10.2 Å². The lowest BCUT2D eigenvalue weighted by Gasteiger charge is -2.25. The summed E-state index contributed by atoms with van der Waals surface area (Å²) >= 11 is 1.60. The molecule has 1 fully saturated rings. The predicted octanol–water partition coefficient (Wildman–Crippen LogP) is 3.21. The maximum atomic E-state index is 13.4. The van der Waals surface area contributed by atoms with Gasteiger partial charge < -0.3 is 15.3 Å². The van der Waals surface area contributed by atoms with Gasteiger partial charge in [-0.25, -0.2) is 9.18 Å². The van der Waals surface area contributed by atoms with E-state index < -0.39 is 6.10 Å². The molecule has 0 aliphatic carbocycles. The van der Waals surface area contributed by atoms with Crippen LogP contribution in [0.2, 0.25) is 0 Å². The average molecular weight is 334 g/mol. The van der Waals surface area contributed by atoms with Crippen LogP contribution < -0.4 is 5.32 Å². The fraction of sp³-hybridized carbons (Fsp3) is 0.353. The number of likely N-dealkylation sites (tertiary alicyclic amines) is 1. The number of carbonyl (C=O) groups is 1. The molecule has 2 heterocycles. The standard InChI is InChI=1S/C17H19FN2O2S/c1-11-9-23-10-13(11)7-19-17(22)20-8-15(21)6-16(20)12-3-2-4-14(18)5-12/h2-5,9-10,15-16,21H,6-8H2,1H3,(H,19,22)/t15-,16-/m1/s1. The Labute approximate surface area is 138 Å². The molecule has 2 atom stereocenters. The summed E-state index contributed by atoms with van der Waals surface area (Å²) in [7, 11) is 0. The number of hydrogen-bond acceptors (Lipinski definition) is 3. The molecule has 1 aliphatic rings. The van der Waals surface area contributed by atoms with Crippen LogP contribution in [0.25, 0.3) is 0 Å². The zero-order valence-corrected chi connectivity index (χ0v) is 13.6. The third-order valence-corrected chi connectivity index (χ3v) is 5.08. The second-order valence-electron chi connectivity index (χ2n) is 5.85. The van der Waals surface area contributed by atoms with E-state index in [1.807, 2.05) is 17.7 Å². The van der Waals surface area contributed by atoms with Gasteiger partial charge in [-0.15, -0.1) is 0 Å². The van der Waals surface area contributed by atoms with E-state index in [9.17, 15) is 14.3 Å². The van der Waals surface area contributed by atoms with Crippen molar-refractivity contribution in [3.05, 3.63) is 57.5 Å². The van der Waals surface area contributed by atoms with Gasteiger partial charge in [0.05, 0.1) is 12.1 Å². The molecule has 6 heteroatoms. The number of β-amino-alcohol motifs (C(OH)–C–C–N with tert-alkyl or cyclic N) is 1. The van der Waals surface area contributed by atoms with E-state index in [0.29, 0.717) is 18.5 Å². The maximum Gasteiger partial charge on any atom is 0.318 e. The summed E-state index contributed by atoms with van der Waals surface area (Å²) in [4.78, 5) is 14.1. The summed E-state index contributed by atoms with van der Waals surface area (Å²) in [5, 5.41) is 16.9. The first-order chi connectivity index (χ1) is 11.0. The SMILES string of the molecule is Cc1cscc1CNC(=O)N1C[C@H](O)C[C@@H]1c1cccc(F)c1. The van der Waals surface area contributed by atoms with Crippen LogP contribution >= 0.6 is 11.3 Å². The highest BCUT2D eigenvalue weighted by molar-refractivity contribution is 7.08. The number of aliphatic hydroxyl groups is 1. The summed E-state index contributed by atoms with van der Waals surface area (Å²) in [6, 6.07) is 5.67. The van der Waals surface area contributed by atoms with Crippen molar-refractivity contribution in [3.8, 4) is 0 Å². The number of benzene rings is 1. The molecule has 0 bridgehead atoms. The summed E-state index contributed by atoms with van der Waals surface area (Å²) in [5.74, 6) is -0.335. The Bertz CT molecular complexity index is 703. The minimum Gasteiger partial charge on any atom is -0.391 e. The number of aryl methyl sites for hydroxylation is 1. The second-order valence-corrected chi connectivity index (χ2v) is 6.60. The highest BCUT2D eigenvalue weighted by Crippen LogP contribution is 2.32. The van der Waals surface area contributed by atoms with E-state index >= 15 is 0 Å². The molecular weight excluding hydrogens is 315 g/mol. The predicted molar refractivity (Wildman–Crippen MR) is 87.8 cm³/mol. The number of halogens is 1. The Morgan fingerprint density at radius 3 is 3.00 bits per heavy atom. The van der Waals surface area contributed by atoms with Gasteiger partial charge in [-0.3, -0.25) is 0 Å². The van der Waals surface area contributed by atoms with E-state index in [1.165, 1.54) is 12.1 Å². The molecule has 4 nitrogen and oxygen atoms in total. The van der Waals surface area contributed by atoms with Crippen molar-refractivity contribution in [1.29, 1.82) is 0 Å². The number of rotatable bonds is 3. The van der Waals surface area contributed by atoms with Crippen LogP contribution in [-0.2, 0) is 6.54 Å². The van der Waals surface area contributed by atoms with Gasteiger partial charge in [0.15, 0.2) is 0 Å². The summed E-state index contributed by atoms with van der Waals surface area (Å²) in [6.45, 7) is 2.72. The average Bonchev–Trinajstić information content (AvgIpc) is 3.11. The largest absolute Gasteiger partial charge is 0.391 e. The Morgan fingerprint density at radius 2 is 2.30 bits per heavy atom. The number of amides is 2. The second kappa shape index (κ2) is 6.68. The highest BCUT2D eigenvalue weighted by Gasteiger charge is 2.35. The van der Waals surface area contributed by atoms with Gasteiger partial charge in [-0.1, -0.05) is 12.1 Å². The van der Waals surface area contributed by atoms with Crippen LogP contribution in [0, 0.1) is 12.7 Å². The summed E-state index contributed by atoms with van der Waals surface area (Å²) in [6.07, 6.45) is -0.161. The number of aliphatic hydroxyl groups excluding tert-OH is 1. The third kappa shape index (κ3) is 3.54. The fourth-order valence-electron chi connectivity index (χ4n) is 2.91. The number of thiophene rings is 1. The maximum absolute atomic E-state index is 13.4. The molecule has 0 spiro atoms. The molecule has 1 aromatic carbocycles. The van der Waals surface area contributed by atoms with Gasteiger partial charge in [0.25, 0.3) is 0 Å². The molecular formula is C17H19FN2O2S. The molecule has 0 saturated carbocycles. The van der Waals surface area contributed by atoms with Crippen molar-refractivity contribution < 1.29 is 14.3 Å². The fourth-order valence-corrected chi connectivity index (χ4v) is 3.77. The zero-order chi connectivity index (χ0) is 16.4. The molecule has 1 aromatic heterocycles. The van der Waals surface area contributed by atoms with Crippen molar-refractivity contribution in [2.75, 3.05) is 6.54 Å². The van der Waals surface area contributed by atoms with Gasteiger partial charge >= 0.3 is 6.03 Å². The van der Waals surface area contributed by atoms with E-state index in [4.69, 9.17) is 0 Å². The topological polar surface area (TPSA) is 52.6 Å². The lowest BCUT2D eigenvalue weighted by atomic mass is 10.0. The first-order valence-electron chi connectivity index (χ1n) is 7.54. The van der Waals surface area contributed by atoms with Crippen LogP contribution in [0.3, 0.4) is 0 Å². The lowest BCUT2D eigenvalue weighted by Crippen LogP contribution is -2.39. The van der Waals surface area contributed by atoms with Crippen LogP contribution in [0.15, 0.2) is 35.0 Å². The molecule has 1 saturated heterocycles.